The van der Waals surface area contributed by atoms with Crippen LogP contribution in [0.2, 0.25) is 15.1 Å². The first kappa shape index (κ1) is 21.5. The monoisotopic (exact) mass is 486 g/mol. The number of nitrogens with zero attached hydrogens (tertiary/aromatic N) is 4. The first-order valence-corrected chi connectivity index (χ1v) is 11.8. The van der Waals surface area contributed by atoms with Gasteiger partial charge in [0.2, 0.25) is 5.89 Å². The summed E-state index contributed by atoms with van der Waals surface area (Å²) in [6.07, 6.45) is 5.84. The molecule has 1 saturated carbocycles. The molecule has 0 radical (unpaired) electrons. The van der Waals surface area contributed by atoms with Gasteiger partial charge in [0.25, 0.3) is 5.89 Å². The van der Waals surface area contributed by atoms with Crippen molar-refractivity contribution >= 4 is 34.8 Å². The lowest BCUT2D eigenvalue weighted by molar-refractivity contribution is 0.366. The van der Waals surface area contributed by atoms with Crippen LogP contribution in [0.25, 0.3) is 28.5 Å². The van der Waals surface area contributed by atoms with Gasteiger partial charge in [0.1, 0.15) is 0 Å². The minimum Gasteiger partial charge on any atom is -0.419 e. The number of aromatic nitrogens is 4. The van der Waals surface area contributed by atoms with Crippen molar-refractivity contribution in [2.45, 2.75) is 44.9 Å². The van der Waals surface area contributed by atoms with Crippen LogP contribution in [-0.2, 0) is 0 Å². The van der Waals surface area contributed by atoms with E-state index < -0.39 is 0 Å². The quantitative estimate of drug-likeness (QED) is 0.293. The van der Waals surface area contributed by atoms with Crippen molar-refractivity contribution in [3.63, 3.8) is 0 Å². The number of hydrogen-bond donors (Lipinski definition) is 0. The minimum atomic E-state index is 0.325. The van der Waals surface area contributed by atoms with E-state index in [2.05, 4.69) is 10.2 Å². The lowest BCUT2D eigenvalue weighted by Gasteiger charge is -2.17. The van der Waals surface area contributed by atoms with Gasteiger partial charge in [0.15, 0.2) is 5.69 Å². The molecule has 5 rings (SSSR count). The Labute approximate surface area is 201 Å². The average molecular weight is 488 g/mol. The maximum atomic E-state index is 6.56. The highest BCUT2D eigenvalue weighted by atomic mass is 35.5. The molecule has 0 spiro atoms. The molecule has 32 heavy (non-hydrogen) atoms. The van der Waals surface area contributed by atoms with Crippen LogP contribution in [0, 0.1) is 6.92 Å². The molecule has 0 unspecified atom stereocenters. The van der Waals surface area contributed by atoms with Crippen LogP contribution in [0.3, 0.4) is 0 Å². The first-order valence-electron chi connectivity index (χ1n) is 10.7. The Kier molecular flexibility index (Phi) is 5.97. The standard InChI is InChI=1S/C24H21Cl3N4O/c1-14-21(24-29-28-23(32-24)16-6-3-2-4-7-16)30-31(19-9-5-8-18(26)20(19)27)22(14)15-10-12-17(25)13-11-15/h5,8-13,16H,2-4,6-7H2,1H3. The molecule has 0 amide bonds. The predicted molar refractivity (Wildman–Crippen MR) is 128 cm³/mol. The second-order valence-corrected chi connectivity index (χ2v) is 9.32. The molecule has 0 aliphatic heterocycles. The minimum absolute atomic E-state index is 0.325. The van der Waals surface area contributed by atoms with Gasteiger partial charge >= 0.3 is 0 Å². The van der Waals surface area contributed by atoms with Crippen molar-refractivity contribution < 1.29 is 4.42 Å². The second-order valence-electron chi connectivity index (χ2n) is 8.09. The second kappa shape index (κ2) is 8.89. The Balaban J connectivity index is 1.66. The molecule has 1 aliphatic rings. The largest absolute Gasteiger partial charge is 0.419 e. The third-order valence-corrected chi connectivity index (χ3v) is 7.06. The fraction of sp³-hybridized carbons (Fsp3) is 0.292. The van der Waals surface area contributed by atoms with Crippen LogP contribution in [0.15, 0.2) is 46.9 Å². The van der Waals surface area contributed by atoms with Crippen molar-refractivity contribution in [3.8, 4) is 28.5 Å². The summed E-state index contributed by atoms with van der Waals surface area (Å²) in [5.74, 6) is 1.43. The summed E-state index contributed by atoms with van der Waals surface area (Å²) in [4.78, 5) is 0. The van der Waals surface area contributed by atoms with Crippen LogP contribution in [0.1, 0.15) is 49.5 Å². The molecule has 8 heteroatoms. The average Bonchev–Trinajstić information content (AvgIpc) is 3.42. The van der Waals surface area contributed by atoms with Crippen molar-refractivity contribution in [3.05, 3.63) is 69.0 Å². The van der Waals surface area contributed by atoms with Crippen LogP contribution in [0.4, 0.5) is 0 Å². The zero-order valence-electron chi connectivity index (χ0n) is 17.5. The van der Waals surface area contributed by atoms with Gasteiger partial charge in [-0.15, -0.1) is 10.2 Å². The first-order chi connectivity index (χ1) is 15.5. The van der Waals surface area contributed by atoms with E-state index in [-0.39, 0.29) is 0 Å². The van der Waals surface area contributed by atoms with Crippen LogP contribution >= 0.6 is 34.8 Å². The SMILES string of the molecule is Cc1c(-c2nnc(C3CCCCC3)o2)nn(-c2cccc(Cl)c2Cl)c1-c1ccc(Cl)cc1. The molecule has 5 nitrogen and oxygen atoms in total. The van der Waals surface area contributed by atoms with Crippen molar-refractivity contribution in [2.75, 3.05) is 0 Å². The fourth-order valence-electron chi connectivity index (χ4n) is 4.32. The summed E-state index contributed by atoms with van der Waals surface area (Å²) < 4.78 is 7.91. The molecule has 1 fully saturated rings. The molecule has 0 bridgehead atoms. The van der Waals surface area contributed by atoms with Crippen LogP contribution in [-0.4, -0.2) is 20.0 Å². The van der Waals surface area contributed by atoms with Crippen LogP contribution < -0.4 is 0 Å². The van der Waals surface area contributed by atoms with Crippen LogP contribution in [0.5, 0.6) is 0 Å². The van der Waals surface area contributed by atoms with Gasteiger partial charge in [-0.3, -0.25) is 0 Å². The molecule has 4 aromatic rings. The van der Waals surface area contributed by atoms with Gasteiger partial charge in [0.05, 0.1) is 21.4 Å². The number of rotatable bonds is 4. The zero-order valence-corrected chi connectivity index (χ0v) is 19.8. The zero-order chi connectivity index (χ0) is 22.2. The van der Waals surface area contributed by atoms with Crippen molar-refractivity contribution in [1.82, 2.24) is 20.0 Å². The highest BCUT2D eigenvalue weighted by Crippen LogP contribution is 2.38. The maximum Gasteiger partial charge on any atom is 0.268 e. The molecule has 2 aromatic carbocycles. The Bertz CT molecular complexity index is 1260. The van der Waals surface area contributed by atoms with E-state index >= 15 is 0 Å². The van der Waals surface area contributed by atoms with E-state index in [1.807, 2.05) is 43.3 Å². The summed E-state index contributed by atoms with van der Waals surface area (Å²) in [5.41, 5.74) is 4.00. The third-order valence-electron chi connectivity index (χ3n) is 6.00. The normalized spacial score (nSPS) is 14.8. The number of hydrogen-bond acceptors (Lipinski definition) is 4. The lowest BCUT2D eigenvalue weighted by atomic mass is 9.89. The number of benzene rings is 2. The van der Waals surface area contributed by atoms with Gasteiger partial charge < -0.3 is 4.42 Å². The van der Waals surface area contributed by atoms with E-state index in [0.29, 0.717) is 44.1 Å². The summed E-state index contributed by atoms with van der Waals surface area (Å²) >= 11 is 19.0. The lowest BCUT2D eigenvalue weighted by Crippen LogP contribution is -2.04. The Morgan fingerprint density at radius 3 is 2.44 bits per heavy atom. The van der Waals surface area contributed by atoms with E-state index in [1.54, 1.807) is 10.7 Å². The molecular formula is C24H21Cl3N4O. The van der Waals surface area contributed by atoms with Gasteiger partial charge in [-0.05, 0) is 44.0 Å². The van der Waals surface area contributed by atoms with Gasteiger partial charge in [0, 0.05) is 22.1 Å². The molecule has 2 heterocycles. The van der Waals surface area contributed by atoms with Gasteiger partial charge in [-0.2, -0.15) is 5.10 Å². The Morgan fingerprint density at radius 2 is 1.69 bits per heavy atom. The third kappa shape index (κ3) is 3.94. The molecule has 2 aromatic heterocycles. The summed E-state index contributed by atoms with van der Waals surface area (Å²) in [5, 5.41) is 15.1. The summed E-state index contributed by atoms with van der Waals surface area (Å²) in [6.45, 7) is 1.99. The van der Waals surface area contributed by atoms with E-state index in [4.69, 9.17) is 44.3 Å². The van der Waals surface area contributed by atoms with E-state index in [9.17, 15) is 0 Å². The smallest absolute Gasteiger partial charge is 0.268 e. The van der Waals surface area contributed by atoms with Crippen molar-refractivity contribution in [1.29, 1.82) is 0 Å². The Hall–Kier alpha value is -2.34. The Morgan fingerprint density at radius 1 is 0.938 bits per heavy atom. The summed E-state index contributed by atoms with van der Waals surface area (Å²) in [7, 11) is 0. The molecule has 1 aliphatic carbocycles. The highest BCUT2D eigenvalue weighted by molar-refractivity contribution is 6.43. The fourth-order valence-corrected chi connectivity index (χ4v) is 4.82. The molecule has 0 atom stereocenters. The van der Waals surface area contributed by atoms with Gasteiger partial charge in [-0.25, -0.2) is 4.68 Å². The number of halogens is 3. The molecular weight excluding hydrogens is 467 g/mol. The highest BCUT2D eigenvalue weighted by Gasteiger charge is 2.26. The predicted octanol–water partition coefficient (Wildman–Crippen LogP) is 7.91. The molecule has 0 saturated heterocycles. The van der Waals surface area contributed by atoms with E-state index in [0.717, 1.165) is 29.7 Å². The van der Waals surface area contributed by atoms with Gasteiger partial charge in [-0.1, -0.05) is 72.3 Å². The maximum absolute atomic E-state index is 6.56. The van der Waals surface area contributed by atoms with Crippen molar-refractivity contribution in [2.24, 2.45) is 0 Å². The molecule has 164 valence electrons. The molecule has 0 N–H and O–H groups in total. The summed E-state index contributed by atoms with van der Waals surface area (Å²) in [6, 6.07) is 13.1. The topological polar surface area (TPSA) is 56.7 Å². The van der Waals surface area contributed by atoms with E-state index in [1.165, 1.54) is 19.3 Å².